The summed E-state index contributed by atoms with van der Waals surface area (Å²) >= 11 is 5.16. The van der Waals surface area contributed by atoms with Crippen LogP contribution >= 0.6 is 38.5 Å². The molecule has 0 aromatic carbocycles. The SMILES string of the molecule is Cc1c(CI)c(C(F)(F)F)nn1CC(=O)N1CCN(c2ncc(Br)cn2)CC1. The summed E-state index contributed by atoms with van der Waals surface area (Å²) < 4.78 is 41.6. The number of halogens is 5. The second-order valence-corrected chi connectivity index (χ2v) is 7.95. The first-order chi connectivity index (χ1) is 13.2. The van der Waals surface area contributed by atoms with E-state index in [0.29, 0.717) is 37.8 Å². The number of carbonyl (C=O) groups excluding carboxylic acids is 1. The number of anilines is 1. The van der Waals surface area contributed by atoms with E-state index in [1.165, 1.54) is 0 Å². The van der Waals surface area contributed by atoms with Gasteiger partial charge in [0, 0.05) is 54.3 Å². The van der Waals surface area contributed by atoms with Gasteiger partial charge in [0.2, 0.25) is 11.9 Å². The molecular formula is C16H17BrF3IN6O. The number of nitrogens with zero attached hydrogens (tertiary/aromatic N) is 6. The van der Waals surface area contributed by atoms with Crippen LogP contribution in [0.3, 0.4) is 0 Å². The molecule has 152 valence electrons. The van der Waals surface area contributed by atoms with Crippen LogP contribution < -0.4 is 4.90 Å². The minimum absolute atomic E-state index is 0.123. The predicted molar refractivity (Wildman–Crippen MR) is 108 cm³/mol. The molecule has 1 fully saturated rings. The highest BCUT2D eigenvalue weighted by Crippen LogP contribution is 2.33. The first kappa shape index (κ1) is 21.3. The topological polar surface area (TPSA) is 67.2 Å². The van der Waals surface area contributed by atoms with Crippen molar-refractivity contribution < 1.29 is 18.0 Å². The molecular weight excluding hydrogens is 556 g/mol. The van der Waals surface area contributed by atoms with Crippen LogP contribution in [0, 0.1) is 6.92 Å². The summed E-state index contributed by atoms with van der Waals surface area (Å²) in [7, 11) is 0. The smallest absolute Gasteiger partial charge is 0.338 e. The fourth-order valence-electron chi connectivity index (χ4n) is 2.98. The van der Waals surface area contributed by atoms with Crippen LogP contribution in [0.1, 0.15) is 17.0 Å². The summed E-state index contributed by atoms with van der Waals surface area (Å²) in [6.45, 7) is 3.36. The van der Waals surface area contributed by atoms with E-state index >= 15 is 0 Å². The van der Waals surface area contributed by atoms with Gasteiger partial charge >= 0.3 is 6.18 Å². The van der Waals surface area contributed by atoms with Crippen LogP contribution in [0.5, 0.6) is 0 Å². The van der Waals surface area contributed by atoms with Gasteiger partial charge in [0.05, 0.1) is 4.47 Å². The summed E-state index contributed by atoms with van der Waals surface area (Å²) in [5.74, 6) is 0.329. The van der Waals surface area contributed by atoms with Gasteiger partial charge in [-0.15, -0.1) is 0 Å². The Balaban J connectivity index is 1.65. The summed E-state index contributed by atoms with van der Waals surface area (Å²) in [6, 6.07) is 0. The molecule has 2 aromatic rings. The molecule has 3 heterocycles. The lowest BCUT2D eigenvalue weighted by Crippen LogP contribution is -2.50. The fourth-order valence-corrected chi connectivity index (χ4v) is 4.10. The molecule has 0 spiro atoms. The van der Waals surface area contributed by atoms with E-state index in [4.69, 9.17) is 0 Å². The van der Waals surface area contributed by atoms with Gasteiger partial charge in [-0.3, -0.25) is 9.48 Å². The van der Waals surface area contributed by atoms with Crippen LogP contribution in [-0.4, -0.2) is 56.7 Å². The third-order valence-corrected chi connectivity index (χ3v) is 5.71. The largest absolute Gasteiger partial charge is 0.435 e. The second kappa shape index (κ2) is 8.51. The third kappa shape index (κ3) is 4.58. The third-order valence-electron chi connectivity index (χ3n) is 4.54. The Morgan fingerprint density at radius 1 is 1.21 bits per heavy atom. The second-order valence-electron chi connectivity index (χ2n) is 6.27. The lowest BCUT2D eigenvalue weighted by molar-refractivity contribution is -0.142. The van der Waals surface area contributed by atoms with Crippen molar-refractivity contribution in [2.45, 2.75) is 24.1 Å². The summed E-state index contributed by atoms with van der Waals surface area (Å²) in [5, 5.41) is 3.66. The van der Waals surface area contributed by atoms with Crippen molar-refractivity contribution in [3.63, 3.8) is 0 Å². The highest BCUT2D eigenvalue weighted by atomic mass is 127. The monoisotopic (exact) mass is 572 g/mol. The van der Waals surface area contributed by atoms with Crippen LogP contribution in [0.2, 0.25) is 0 Å². The number of piperazine rings is 1. The Labute approximate surface area is 181 Å². The lowest BCUT2D eigenvalue weighted by atomic mass is 10.2. The van der Waals surface area contributed by atoms with Crippen LogP contribution in [-0.2, 0) is 21.9 Å². The summed E-state index contributed by atoms with van der Waals surface area (Å²) in [4.78, 5) is 24.7. The van der Waals surface area contributed by atoms with E-state index in [9.17, 15) is 18.0 Å². The molecule has 0 N–H and O–H groups in total. The normalized spacial score (nSPS) is 15.2. The number of hydrogen-bond acceptors (Lipinski definition) is 5. The van der Waals surface area contributed by atoms with Gasteiger partial charge in [-0.05, 0) is 22.9 Å². The van der Waals surface area contributed by atoms with E-state index in [1.54, 1.807) is 24.2 Å². The Morgan fingerprint density at radius 3 is 2.32 bits per heavy atom. The first-order valence-corrected chi connectivity index (χ1v) is 10.7. The predicted octanol–water partition coefficient (Wildman–Crippen LogP) is 3.05. The summed E-state index contributed by atoms with van der Waals surface area (Å²) in [6.07, 6.45) is -1.22. The molecule has 1 amide bonds. The molecule has 1 aliphatic rings. The van der Waals surface area contributed by atoms with Crippen molar-refractivity contribution in [1.82, 2.24) is 24.6 Å². The van der Waals surface area contributed by atoms with Gasteiger partial charge in [-0.1, -0.05) is 22.6 Å². The Morgan fingerprint density at radius 2 is 1.82 bits per heavy atom. The molecule has 1 aliphatic heterocycles. The van der Waals surface area contributed by atoms with E-state index in [2.05, 4.69) is 31.0 Å². The maximum Gasteiger partial charge on any atom is 0.435 e. The number of rotatable bonds is 4. The van der Waals surface area contributed by atoms with E-state index < -0.39 is 11.9 Å². The standard InChI is InChI=1S/C16H17BrF3IN6O/c1-10-12(6-21)14(16(18,19)20)24-27(10)9-13(28)25-2-4-26(5-3-25)15-22-7-11(17)8-23-15/h7-8H,2-6,9H2,1H3. The van der Waals surface area contributed by atoms with Crippen molar-refractivity contribution in [1.29, 1.82) is 0 Å². The van der Waals surface area contributed by atoms with Crippen molar-refractivity contribution in [2.24, 2.45) is 0 Å². The minimum atomic E-state index is -4.53. The average molecular weight is 573 g/mol. The van der Waals surface area contributed by atoms with Crippen LogP contribution in [0.4, 0.5) is 19.1 Å². The van der Waals surface area contributed by atoms with Crippen LogP contribution in [0.25, 0.3) is 0 Å². The lowest BCUT2D eigenvalue weighted by Gasteiger charge is -2.34. The van der Waals surface area contributed by atoms with Gasteiger partial charge in [0.15, 0.2) is 5.69 Å². The summed E-state index contributed by atoms with van der Waals surface area (Å²) in [5.41, 5.74) is -0.417. The number of carbonyl (C=O) groups is 1. The van der Waals surface area contributed by atoms with E-state index in [1.807, 2.05) is 27.5 Å². The van der Waals surface area contributed by atoms with E-state index in [0.717, 1.165) is 9.15 Å². The van der Waals surface area contributed by atoms with Gasteiger partial charge in [0.25, 0.3) is 0 Å². The number of hydrogen-bond donors (Lipinski definition) is 0. The molecule has 0 unspecified atom stereocenters. The minimum Gasteiger partial charge on any atom is -0.338 e. The number of aromatic nitrogens is 4. The van der Waals surface area contributed by atoms with Gasteiger partial charge < -0.3 is 9.80 Å². The highest BCUT2D eigenvalue weighted by molar-refractivity contribution is 14.1. The Hall–Kier alpha value is -1.44. The highest BCUT2D eigenvalue weighted by Gasteiger charge is 2.38. The van der Waals surface area contributed by atoms with E-state index in [-0.39, 0.29) is 22.4 Å². The fraction of sp³-hybridized carbons (Fsp3) is 0.500. The van der Waals surface area contributed by atoms with Crippen LogP contribution in [0.15, 0.2) is 16.9 Å². The first-order valence-electron chi connectivity index (χ1n) is 8.40. The molecule has 28 heavy (non-hydrogen) atoms. The Bertz CT molecular complexity index is 849. The molecule has 2 aromatic heterocycles. The molecule has 0 saturated carbocycles. The molecule has 0 radical (unpaired) electrons. The molecule has 0 atom stereocenters. The molecule has 0 aliphatic carbocycles. The zero-order chi connectivity index (χ0) is 20.5. The molecule has 7 nitrogen and oxygen atoms in total. The van der Waals surface area contributed by atoms with Gasteiger partial charge in [-0.2, -0.15) is 18.3 Å². The number of alkyl halides is 4. The quantitative estimate of drug-likeness (QED) is 0.416. The van der Waals surface area contributed by atoms with Crippen molar-refractivity contribution in [3.05, 3.63) is 33.8 Å². The molecule has 1 saturated heterocycles. The Kier molecular flexibility index (Phi) is 6.47. The maximum absolute atomic E-state index is 13.2. The molecule has 12 heteroatoms. The van der Waals surface area contributed by atoms with Crippen molar-refractivity contribution in [2.75, 3.05) is 31.1 Å². The van der Waals surface area contributed by atoms with Gasteiger partial charge in [-0.25, -0.2) is 9.97 Å². The number of amides is 1. The molecule has 0 bridgehead atoms. The molecule has 3 rings (SSSR count). The van der Waals surface area contributed by atoms with Crippen molar-refractivity contribution >= 4 is 50.4 Å². The average Bonchev–Trinajstić information content (AvgIpc) is 2.98. The van der Waals surface area contributed by atoms with Gasteiger partial charge in [0.1, 0.15) is 6.54 Å². The zero-order valence-electron chi connectivity index (χ0n) is 14.9. The van der Waals surface area contributed by atoms with Crippen molar-refractivity contribution in [3.8, 4) is 0 Å². The zero-order valence-corrected chi connectivity index (χ0v) is 18.6. The maximum atomic E-state index is 13.2.